The number of rotatable bonds is 8. The third-order valence-corrected chi connectivity index (χ3v) is 4.23. The molecule has 1 unspecified atom stereocenters. The second kappa shape index (κ2) is 6.40. The Kier molecular flexibility index (Phi) is 4.83. The van der Waals surface area contributed by atoms with Gasteiger partial charge < -0.3 is 15.5 Å². The average molecular weight is 263 g/mol. The highest BCUT2D eigenvalue weighted by atomic mass is 16.3. The van der Waals surface area contributed by atoms with E-state index in [1.165, 1.54) is 18.4 Å². The van der Waals surface area contributed by atoms with Gasteiger partial charge in [-0.2, -0.15) is 0 Å². The normalized spacial score (nSPS) is 18.2. The molecule has 1 aliphatic carbocycles. The number of phenols is 1. The average Bonchev–Trinajstić information content (AvgIpc) is 3.17. The lowest BCUT2D eigenvalue weighted by molar-refractivity contribution is 0.242. The van der Waals surface area contributed by atoms with E-state index in [1.54, 1.807) is 12.1 Å². The maximum Gasteiger partial charge on any atom is 0.115 e. The molecule has 106 valence electrons. The summed E-state index contributed by atoms with van der Waals surface area (Å²) in [5, 5.41) is 21.9. The summed E-state index contributed by atoms with van der Waals surface area (Å²) in [6.45, 7) is 3.56. The maximum absolute atomic E-state index is 9.23. The van der Waals surface area contributed by atoms with E-state index in [0.717, 1.165) is 25.8 Å². The van der Waals surface area contributed by atoms with Gasteiger partial charge in [0.15, 0.2) is 0 Å². The van der Waals surface area contributed by atoms with Crippen molar-refractivity contribution in [3.8, 4) is 5.75 Å². The number of benzene rings is 1. The molecule has 0 aromatic heterocycles. The number of aliphatic hydroxyl groups excluding tert-OH is 1. The molecule has 0 amide bonds. The maximum atomic E-state index is 9.23. The van der Waals surface area contributed by atoms with Crippen LogP contribution in [0.3, 0.4) is 0 Å². The van der Waals surface area contributed by atoms with Crippen LogP contribution < -0.4 is 5.32 Å². The summed E-state index contributed by atoms with van der Waals surface area (Å²) in [5.74, 6) is 0.328. The molecule has 19 heavy (non-hydrogen) atoms. The fourth-order valence-corrected chi connectivity index (χ4v) is 2.47. The van der Waals surface area contributed by atoms with Crippen molar-refractivity contribution in [1.29, 1.82) is 0 Å². The van der Waals surface area contributed by atoms with Gasteiger partial charge in [0.2, 0.25) is 0 Å². The van der Waals surface area contributed by atoms with Gasteiger partial charge in [0, 0.05) is 19.2 Å². The quantitative estimate of drug-likeness (QED) is 0.675. The van der Waals surface area contributed by atoms with Crippen LogP contribution in [0, 0.1) is 5.41 Å². The van der Waals surface area contributed by atoms with Gasteiger partial charge in [0.25, 0.3) is 0 Å². The first-order valence-corrected chi connectivity index (χ1v) is 7.26. The Hall–Kier alpha value is -1.06. The van der Waals surface area contributed by atoms with Crippen molar-refractivity contribution in [2.75, 3.05) is 13.2 Å². The third kappa shape index (κ3) is 4.51. The van der Waals surface area contributed by atoms with E-state index in [1.807, 2.05) is 12.1 Å². The number of aryl methyl sites for hydroxylation is 1. The highest BCUT2D eigenvalue weighted by Crippen LogP contribution is 2.47. The minimum atomic E-state index is 0.309. The third-order valence-electron chi connectivity index (χ3n) is 4.23. The lowest BCUT2D eigenvalue weighted by Gasteiger charge is -2.19. The van der Waals surface area contributed by atoms with Gasteiger partial charge in [-0.25, -0.2) is 0 Å². The molecule has 0 heterocycles. The Morgan fingerprint density at radius 3 is 2.53 bits per heavy atom. The number of phenolic OH excluding ortho intramolecular Hbond substituents is 1. The molecule has 1 aliphatic rings. The predicted octanol–water partition coefficient (Wildman–Crippen LogP) is 2.47. The predicted molar refractivity (Wildman–Crippen MR) is 77.3 cm³/mol. The van der Waals surface area contributed by atoms with Crippen LogP contribution in [0.1, 0.15) is 38.2 Å². The molecule has 3 heteroatoms. The van der Waals surface area contributed by atoms with Crippen LogP contribution in [-0.2, 0) is 6.42 Å². The van der Waals surface area contributed by atoms with Gasteiger partial charge in [-0.1, -0.05) is 12.1 Å². The number of nitrogens with one attached hydrogen (secondary N) is 1. The molecule has 0 spiro atoms. The van der Waals surface area contributed by atoms with Gasteiger partial charge in [-0.3, -0.25) is 0 Å². The number of aliphatic hydroxyl groups is 1. The Balaban J connectivity index is 1.67. The molecule has 3 N–H and O–H groups in total. The van der Waals surface area contributed by atoms with Crippen molar-refractivity contribution in [2.45, 2.75) is 45.1 Å². The molecule has 1 fully saturated rings. The second-order valence-electron chi connectivity index (χ2n) is 5.96. The van der Waals surface area contributed by atoms with Crippen molar-refractivity contribution >= 4 is 0 Å². The smallest absolute Gasteiger partial charge is 0.115 e. The minimum Gasteiger partial charge on any atom is -0.508 e. The van der Waals surface area contributed by atoms with E-state index < -0.39 is 0 Å². The fourth-order valence-electron chi connectivity index (χ4n) is 2.47. The first-order valence-electron chi connectivity index (χ1n) is 7.26. The van der Waals surface area contributed by atoms with E-state index in [4.69, 9.17) is 5.11 Å². The monoisotopic (exact) mass is 263 g/mol. The topological polar surface area (TPSA) is 52.5 Å². The van der Waals surface area contributed by atoms with Gasteiger partial charge in [0.1, 0.15) is 5.75 Å². The molecule has 2 rings (SSSR count). The summed E-state index contributed by atoms with van der Waals surface area (Å²) in [6.07, 6.45) is 5.57. The Morgan fingerprint density at radius 2 is 1.95 bits per heavy atom. The van der Waals surface area contributed by atoms with Gasteiger partial charge in [0.05, 0.1) is 0 Å². The summed E-state index contributed by atoms with van der Waals surface area (Å²) in [4.78, 5) is 0. The highest BCUT2D eigenvalue weighted by Gasteiger charge is 2.41. The van der Waals surface area contributed by atoms with Crippen LogP contribution in [0.2, 0.25) is 0 Å². The first kappa shape index (κ1) is 14.4. The van der Waals surface area contributed by atoms with Gasteiger partial charge >= 0.3 is 0 Å². The van der Waals surface area contributed by atoms with Crippen LogP contribution in [-0.4, -0.2) is 29.4 Å². The molecule has 1 aromatic rings. The van der Waals surface area contributed by atoms with E-state index in [9.17, 15) is 5.11 Å². The lowest BCUT2D eigenvalue weighted by atomic mass is 10.0. The zero-order valence-corrected chi connectivity index (χ0v) is 11.7. The molecule has 3 nitrogen and oxygen atoms in total. The van der Waals surface area contributed by atoms with Gasteiger partial charge in [-0.05, 0) is 62.1 Å². The second-order valence-corrected chi connectivity index (χ2v) is 5.96. The van der Waals surface area contributed by atoms with Gasteiger partial charge in [-0.15, -0.1) is 0 Å². The standard InChI is InChI=1S/C16H25NO2/c1-13(17-12-16(8-9-16)10-11-18)2-3-14-4-6-15(19)7-5-14/h4-7,13,17-19H,2-3,8-12H2,1H3. The summed E-state index contributed by atoms with van der Waals surface area (Å²) >= 11 is 0. The summed E-state index contributed by atoms with van der Waals surface area (Å²) in [7, 11) is 0. The molecule has 0 bridgehead atoms. The molecule has 0 radical (unpaired) electrons. The largest absolute Gasteiger partial charge is 0.508 e. The minimum absolute atomic E-state index is 0.309. The van der Waals surface area contributed by atoms with E-state index in [-0.39, 0.29) is 0 Å². The van der Waals surface area contributed by atoms with Crippen LogP contribution in [0.25, 0.3) is 0 Å². The van der Waals surface area contributed by atoms with Crippen LogP contribution >= 0.6 is 0 Å². The van der Waals surface area contributed by atoms with Crippen molar-refractivity contribution in [1.82, 2.24) is 5.32 Å². The molecule has 0 aliphatic heterocycles. The van der Waals surface area contributed by atoms with Crippen LogP contribution in [0.15, 0.2) is 24.3 Å². The lowest BCUT2D eigenvalue weighted by Crippen LogP contribution is -2.32. The Morgan fingerprint density at radius 1 is 1.26 bits per heavy atom. The summed E-state index contributed by atoms with van der Waals surface area (Å²) < 4.78 is 0. The Labute approximate surface area is 115 Å². The van der Waals surface area contributed by atoms with Crippen molar-refractivity contribution in [2.24, 2.45) is 5.41 Å². The zero-order valence-electron chi connectivity index (χ0n) is 11.7. The number of hydrogen-bond acceptors (Lipinski definition) is 3. The van der Waals surface area contributed by atoms with E-state index in [2.05, 4.69) is 12.2 Å². The molecular formula is C16H25NO2. The molecule has 1 aromatic carbocycles. The van der Waals surface area contributed by atoms with E-state index in [0.29, 0.717) is 23.8 Å². The molecular weight excluding hydrogens is 238 g/mol. The Bertz CT molecular complexity index is 384. The molecule has 1 atom stereocenters. The van der Waals surface area contributed by atoms with Crippen LogP contribution in [0.5, 0.6) is 5.75 Å². The summed E-state index contributed by atoms with van der Waals surface area (Å²) in [6, 6.07) is 7.94. The SMILES string of the molecule is CC(CCc1ccc(O)cc1)NCC1(CCO)CC1. The fraction of sp³-hybridized carbons (Fsp3) is 0.625. The first-order chi connectivity index (χ1) is 9.13. The highest BCUT2D eigenvalue weighted by molar-refractivity contribution is 5.25. The van der Waals surface area contributed by atoms with Crippen LogP contribution in [0.4, 0.5) is 0 Å². The number of aromatic hydroxyl groups is 1. The number of hydrogen-bond donors (Lipinski definition) is 3. The molecule has 1 saturated carbocycles. The summed E-state index contributed by atoms with van der Waals surface area (Å²) in [5.41, 5.74) is 1.66. The van der Waals surface area contributed by atoms with Crippen molar-refractivity contribution < 1.29 is 10.2 Å². The van der Waals surface area contributed by atoms with E-state index >= 15 is 0 Å². The molecule has 0 saturated heterocycles. The van der Waals surface area contributed by atoms with Crippen molar-refractivity contribution in [3.63, 3.8) is 0 Å². The van der Waals surface area contributed by atoms with Crippen molar-refractivity contribution in [3.05, 3.63) is 29.8 Å². The zero-order chi connectivity index (χ0) is 13.7.